The van der Waals surface area contributed by atoms with Crippen molar-refractivity contribution < 1.29 is 23.1 Å². The number of amides is 2. The number of nitrogens with one attached hydrogen (secondary N) is 1. The van der Waals surface area contributed by atoms with Crippen LogP contribution in [0.4, 0.5) is 5.69 Å². The molecule has 160 valence electrons. The van der Waals surface area contributed by atoms with Crippen LogP contribution in [-0.4, -0.2) is 73.1 Å². The van der Waals surface area contributed by atoms with Crippen LogP contribution in [0.5, 0.6) is 0 Å². The van der Waals surface area contributed by atoms with E-state index in [0.29, 0.717) is 64.0 Å². The summed E-state index contributed by atoms with van der Waals surface area (Å²) >= 11 is 0. The van der Waals surface area contributed by atoms with Crippen LogP contribution in [0, 0.1) is 5.92 Å². The second-order valence-electron chi connectivity index (χ2n) is 7.91. The smallest absolute Gasteiger partial charge is 0.227 e. The summed E-state index contributed by atoms with van der Waals surface area (Å²) in [5, 5.41) is 12.4. The third-order valence-electron chi connectivity index (χ3n) is 5.69. The predicted octanol–water partition coefficient (Wildman–Crippen LogP) is 0.823. The van der Waals surface area contributed by atoms with Gasteiger partial charge in [-0.15, -0.1) is 0 Å². The van der Waals surface area contributed by atoms with E-state index in [9.17, 15) is 23.1 Å². The van der Waals surface area contributed by atoms with Crippen molar-refractivity contribution in [3.05, 3.63) is 29.8 Å². The lowest BCUT2D eigenvalue weighted by molar-refractivity contribution is -0.132. The Hall–Kier alpha value is -1.97. The number of hydrogen-bond acceptors (Lipinski definition) is 5. The molecule has 0 saturated carbocycles. The Balaban J connectivity index is 1.48. The Morgan fingerprint density at radius 2 is 1.62 bits per heavy atom. The van der Waals surface area contributed by atoms with Crippen molar-refractivity contribution in [1.29, 1.82) is 0 Å². The largest absolute Gasteiger partial charge is 0.393 e. The number of nitrogens with zero attached hydrogens (tertiary/aromatic N) is 2. The van der Waals surface area contributed by atoms with Crippen molar-refractivity contribution in [3.63, 3.8) is 0 Å². The molecule has 2 heterocycles. The molecule has 2 N–H and O–H groups in total. The molecule has 29 heavy (non-hydrogen) atoms. The molecule has 1 aromatic rings. The number of benzene rings is 1. The molecule has 2 aliphatic rings. The van der Waals surface area contributed by atoms with E-state index in [0.717, 1.165) is 5.56 Å². The highest BCUT2D eigenvalue weighted by molar-refractivity contribution is 7.88. The molecule has 0 aliphatic carbocycles. The van der Waals surface area contributed by atoms with Crippen molar-refractivity contribution in [2.24, 2.45) is 5.92 Å². The number of carbonyl (C=O) groups excluding carboxylic acids is 2. The number of hydrogen-bond donors (Lipinski definition) is 2. The lowest BCUT2D eigenvalue weighted by Crippen LogP contribution is -2.41. The average Bonchev–Trinajstić information content (AvgIpc) is 2.69. The average molecular weight is 424 g/mol. The Labute approximate surface area is 171 Å². The molecule has 9 heteroatoms. The number of carbonyl (C=O) groups is 2. The number of aliphatic hydroxyl groups excluding tert-OH is 1. The van der Waals surface area contributed by atoms with Crippen LogP contribution in [0.25, 0.3) is 0 Å². The van der Waals surface area contributed by atoms with Gasteiger partial charge in [-0.3, -0.25) is 9.59 Å². The molecule has 2 amide bonds. The van der Waals surface area contributed by atoms with E-state index < -0.39 is 10.0 Å². The summed E-state index contributed by atoms with van der Waals surface area (Å²) in [7, 11) is -3.20. The zero-order valence-electron chi connectivity index (χ0n) is 16.7. The first-order valence-corrected chi connectivity index (χ1v) is 11.9. The molecule has 2 fully saturated rings. The van der Waals surface area contributed by atoms with Crippen LogP contribution >= 0.6 is 0 Å². The van der Waals surface area contributed by atoms with Crippen molar-refractivity contribution in [2.45, 2.75) is 38.2 Å². The van der Waals surface area contributed by atoms with E-state index in [4.69, 9.17) is 0 Å². The Bertz CT molecular complexity index is 824. The third kappa shape index (κ3) is 6.01. The van der Waals surface area contributed by atoms with Crippen molar-refractivity contribution in [3.8, 4) is 0 Å². The summed E-state index contributed by atoms with van der Waals surface area (Å²) in [4.78, 5) is 26.6. The maximum atomic E-state index is 12.5. The van der Waals surface area contributed by atoms with E-state index >= 15 is 0 Å². The Kier molecular flexibility index (Phi) is 6.92. The Morgan fingerprint density at radius 3 is 2.17 bits per heavy atom. The minimum Gasteiger partial charge on any atom is -0.393 e. The summed E-state index contributed by atoms with van der Waals surface area (Å²) in [6, 6.07) is 7.23. The first-order chi connectivity index (χ1) is 13.7. The van der Waals surface area contributed by atoms with E-state index in [1.54, 1.807) is 17.0 Å². The molecular formula is C20H29N3O5S. The quantitative estimate of drug-likeness (QED) is 0.729. The number of rotatable bonds is 5. The van der Waals surface area contributed by atoms with Gasteiger partial charge in [0.2, 0.25) is 21.8 Å². The molecule has 0 unspecified atom stereocenters. The van der Waals surface area contributed by atoms with Crippen molar-refractivity contribution in [1.82, 2.24) is 9.21 Å². The van der Waals surface area contributed by atoms with E-state index in [-0.39, 0.29) is 23.8 Å². The number of piperidine rings is 2. The van der Waals surface area contributed by atoms with Crippen molar-refractivity contribution in [2.75, 3.05) is 37.8 Å². The van der Waals surface area contributed by atoms with Gasteiger partial charge < -0.3 is 15.3 Å². The number of aliphatic hydroxyl groups is 1. The number of sulfonamides is 1. The van der Waals surface area contributed by atoms with Gasteiger partial charge in [0, 0.05) is 37.8 Å². The van der Waals surface area contributed by atoms with Gasteiger partial charge in [0.1, 0.15) is 0 Å². The summed E-state index contributed by atoms with van der Waals surface area (Å²) in [6.07, 6.45) is 3.45. The Morgan fingerprint density at radius 1 is 1.03 bits per heavy atom. The van der Waals surface area contributed by atoms with Crippen LogP contribution < -0.4 is 5.32 Å². The van der Waals surface area contributed by atoms with Crippen LogP contribution in [0.15, 0.2) is 24.3 Å². The SMILES string of the molecule is CS(=O)(=O)N1CCC(C(=O)Nc2ccc(CC(=O)N3CCC(O)CC3)cc2)CC1. The molecular weight excluding hydrogens is 394 g/mol. The number of anilines is 1. The van der Waals surface area contributed by atoms with Gasteiger partial charge in [-0.25, -0.2) is 12.7 Å². The lowest BCUT2D eigenvalue weighted by Gasteiger charge is -2.29. The van der Waals surface area contributed by atoms with Gasteiger partial charge in [0.15, 0.2) is 0 Å². The summed E-state index contributed by atoms with van der Waals surface area (Å²) < 4.78 is 24.5. The molecule has 2 aliphatic heterocycles. The molecule has 1 aromatic carbocycles. The predicted molar refractivity (Wildman–Crippen MR) is 110 cm³/mol. The highest BCUT2D eigenvalue weighted by atomic mass is 32.2. The highest BCUT2D eigenvalue weighted by Crippen LogP contribution is 2.21. The van der Waals surface area contributed by atoms with Crippen LogP contribution in [-0.2, 0) is 26.0 Å². The first kappa shape index (κ1) is 21.7. The van der Waals surface area contributed by atoms with Crippen LogP contribution in [0.2, 0.25) is 0 Å². The fourth-order valence-electron chi connectivity index (χ4n) is 3.80. The molecule has 0 spiro atoms. The third-order valence-corrected chi connectivity index (χ3v) is 6.99. The number of likely N-dealkylation sites (tertiary alicyclic amines) is 1. The van der Waals surface area contributed by atoms with Gasteiger partial charge in [-0.1, -0.05) is 12.1 Å². The van der Waals surface area contributed by atoms with Gasteiger partial charge in [0.05, 0.1) is 18.8 Å². The van der Waals surface area contributed by atoms with Gasteiger partial charge in [0.25, 0.3) is 0 Å². The summed E-state index contributed by atoms with van der Waals surface area (Å²) in [5.41, 5.74) is 1.54. The monoisotopic (exact) mass is 423 g/mol. The summed E-state index contributed by atoms with van der Waals surface area (Å²) in [5.74, 6) is -0.260. The molecule has 0 atom stereocenters. The minimum absolute atomic E-state index is 0.0475. The lowest BCUT2D eigenvalue weighted by atomic mass is 9.97. The highest BCUT2D eigenvalue weighted by Gasteiger charge is 2.29. The first-order valence-electron chi connectivity index (χ1n) is 10.0. The zero-order valence-corrected chi connectivity index (χ0v) is 17.5. The maximum Gasteiger partial charge on any atom is 0.227 e. The standard InChI is InChI=1S/C20H29N3O5S/c1-29(27,28)23-12-6-16(7-13-23)20(26)21-17-4-2-15(3-5-17)14-19(25)22-10-8-18(24)9-11-22/h2-5,16,18,24H,6-14H2,1H3,(H,21,26). The van der Waals surface area contributed by atoms with Crippen LogP contribution in [0.3, 0.4) is 0 Å². The zero-order chi connectivity index (χ0) is 21.0. The second-order valence-corrected chi connectivity index (χ2v) is 9.89. The normalized spacial score (nSPS) is 19.9. The van der Waals surface area contributed by atoms with Gasteiger partial charge >= 0.3 is 0 Å². The topological polar surface area (TPSA) is 107 Å². The minimum atomic E-state index is -3.20. The molecule has 2 saturated heterocycles. The van der Waals surface area contributed by atoms with E-state index in [2.05, 4.69) is 5.32 Å². The molecule has 0 radical (unpaired) electrons. The van der Waals surface area contributed by atoms with Gasteiger partial charge in [-0.2, -0.15) is 0 Å². The van der Waals surface area contributed by atoms with E-state index in [1.165, 1.54) is 10.6 Å². The second kappa shape index (κ2) is 9.23. The molecule has 0 aromatic heterocycles. The molecule has 8 nitrogen and oxygen atoms in total. The van der Waals surface area contributed by atoms with Crippen molar-refractivity contribution >= 4 is 27.5 Å². The fraction of sp³-hybridized carbons (Fsp3) is 0.600. The van der Waals surface area contributed by atoms with Gasteiger partial charge in [-0.05, 0) is 43.4 Å². The molecule has 0 bridgehead atoms. The maximum absolute atomic E-state index is 12.5. The molecule has 3 rings (SSSR count). The van der Waals surface area contributed by atoms with E-state index in [1.807, 2.05) is 12.1 Å². The fourth-order valence-corrected chi connectivity index (χ4v) is 4.68. The van der Waals surface area contributed by atoms with Crippen LogP contribution in [0.1, 0.15) is 31.2 Å². The summed E-state index contributed by atoms with van der Waals surface area (Å²) in [6.45, 7) is 1.91.